The van der Waals surface area contributed by atoms with Gasteiger partial charge in [-0.3, -0.25) is 0 Å². The van der Waals surface area contributed by atoms with Crippen molar-refractivity contribution in [3.63, 3.8) is 0 Å². The summed E-state index contributed by atoms with van der Waals surface area (Å²) in [6.07, 6.45) is 7.13. The highest BCUT2D eigenvalue weighted by molar-refractivity contribution is 5.58. The maximum absolute atomic E-state index is 11.3. The fourth-order valence-corrected chi connectivity index (χ4v) is 3.19. The Bertz CT molecular complexity index is 460. The second kappa shape index (κ2) is 10.3. The number of aryl methyl sites for hydroxylation is 1. The van der Waals surface area contributed by atoms with Crippen molar-refractivity contribution in [2.45, 2.75) is 84.2 Å². The second-order valence-corrected chi connectivity index (χ2v) is 6.31. The molecule has 0 saturated heterocycles. The first-order valence-corrected chi connectivity index (χ1v) is 9.08. The van der Waals surface area contributed by atoms with Crippen molar-refractivity contribution in [2.75, 3.05) is 0 Å². The van der Waals surface area contributed by atoms with Crippen molar-refractivity contribution in [2.24, 2.45) is 0 Å². The van der Waals surface area contributed by atoms with E-state index >= 15 is 0 Å². The predicted octanol–water partition coefficient (Wildman–Crippen LogP) is 6.17. The van der Waals surface area contributed by atoms with Crippen LogP contribution in [0.25, 0.3) is 0 Å². The maximum Gasteiger partial charge on any atom is 0.550 e. The molecular weight excluding hydrogens is 288 g/mol. The van der Waals surface area contributed by atoms with E-state index in [1.165, 1.54) is 5.56 Å². The smallest absolute Gasteiger partial charge is 0.420 e. The van der Waals surface area contributed by atoms with Crippen LogP contribution in [-0.4, -0.2) is 6.16 Å². The van der Waals surface area contributed by atoms with Gasteiger partial charge in [0.1, 0.15) is 5.60 Å². The highest BCUT2D eigenvalue weighted by Crippen LogP contribution is 2.39. The van der Waals surface area contributed by atoms with Crippen molar-refractivity contribution in [3.05, 3.63) is 35.4 Å². The SMILES string of the molecule is CCCCc1ccccc1C(CCCC)(CCCC)OC([O])=O. The number of ether oxygens (including phenoxy) is 1. The third-order valence-electron chi connectivity index (χ3n) is 4.45. The molecule has 0 spiro atoms. The van der Waals surface area contributed by atoms with E-state index in [2.05, 4.69) is 26.8 Å². The quantitative estimate of drug-likeness (QED) is 0.458. The standard InChI is InChI=1S/C20H31O3/c1-4-7-12-17-13-10-11-14-18(17)20(15-8-5-2,16-9-6-3)23-19(21)22/h10-11,13-14H,4-9,12,15-16H2,1-3H3. The first-order chi connectivity index (χ1) is 11.1. The Hall–Kier alpha value is -1.51. The molecule has 0 N–H and O–H groups in total. The van der Waals surface area contributed by atoms with Crippen molar-refractivity contribution >= 4 is 6.16 Å². The zero-order valence-electron chi connectivity index (χ0n) is 14.9. The largest absolute Gasteiger partial charge is 0.550 e. The third-order valence-corrected chi connectivity index (χ3v) is 4.45. The van der Waals surface area contributed by atoms with E-state index in [9.17, 15) is 9.90 Å². The topological polar surface area (TPSA) is 46.2 Å². The molecule has 0 saturated carbocycles. The summed E-state index contributed by atoms with van der Waals surface area (Å²) >= 11 is 0. The van der Waals surface area contributed by atoms with Gasteiger partial charge < -0.3 is 4.74 Å². The lowest BCUT2D eigenvalue weighted by Gasteiger charge is -2.34. The lowest BCUT2D eigenvalue weighted by atomic mass is 9.80. The Balaban J connectivity index is 3.25. The van der Waals surface area contributed by atoms with Gasteiger partial charge in [-0.2, -0.15) is 9.90 Å². The van der Waals surface area contributed by atoms with Gasteiger partial charge in [0.05, 0.1) is 0 Å². The molecule has 0 heterocycles. The molecule has 3 heteroatoms. The fraction of sp³-hybridized carbons (Fsp3) is 0.650. The molecule has 1 aromatic carbocycles. The van der Waals surface area contributed by atoms with Gasteiger partial charge >= 0.3 is 6.16 Å². The summed E-state index contributed by atoms with van der Waals surface area (Å²) in [5, 5.41) is 11.3. The van der Waals surface area contributed by atoms with E-state index in [-0.39, 0.29) is 0 Å². The van der Waals surface area contributed by atoms with Crippen molar-refractivity contribution in [1.82, 2.24) is 0 Å². The number of carbonyl (C=O) groups is 1. The molecule has 0 unspecified atom stereocenters. The summed E-state index contributed by atoms with van der Waals surface area (Å²) < 4.78 is 5.45. The number of unbranched alkanes of at least 4 members (excludes halogenated alkanes) is 3. The first kappa shape index (κ1) is 19.5. The summed E-state index contributed by atoms with van der Waals surface area (Å²) in [4.78, 5) is 11.3. The Morgan fingerprint density at radius 1 is 0.957 bits per heavy atom. The molecule has 129 valence electrons. The van der Waals surface area contributed by atoms with E-state index < -0.39 is 11.8 Å². The highest BCUT2D eigenvalue weighted by atomic mass is 16.7. The molecule has 1 aromatic rings. The molecule has 0 aliphatic carbocycles. The minimum absolute atomic E-state index is 0.723. The normalized spacial score (nSPS) is 11.4. The third kappa shape index (κ3) is 5.89. The molecule has 0 atom stereocenters. The van der Waals surface area contributed by atoms with Crippen molar-refractivity contribution < 1.29 is 14.6 Å². The van der Waals surface area contributed by atoms with Gasteiger partial charge in [-0.1, -0.05) is 64.3 Å². The van der Waals surface area contributed by atoms with Crippen molar-refractivity contribution in [3.8, 4) is 0 Å². The second-order valence-electron chi connectivity index (χ2n) is 6.31. The average molecular weight is 319 g/mol. The van der Waals surface area contributed by atoms with Crippen LogP contribution in [0, 0.1) is 0 Å². The van der Waals surface area contributed by atoms with E-state index in [0.717, 1.165) is 63.4 Å². The molecule has 1 radical (unpaired) electrons. The van der Waals surface area contributed by atoms with E-state index in [0.29, 0.717) is 0 Å². The van der Waals surface area contributed by atoms with E-state index in [1.54, 1.807) is 0 Å². The van der Waals surface area contributed by atoms with Gasteiger partial charge in [0.2, 0.25) is 0 Å². The zero-order valence-corrected chi connectivity index (χ0v) is 14.9. The zero-order chi connectivity index (χ0) is 17.1. The van der Waals surface area contributed by atoms with Gasteiger partial charge in [0.25, 0.3) is 0 Å². The number of rotatable bonds is 11. The molecule has 23 heavy (non-hydrogen) atoms. The molecule has 0 aliphatic heterocycles. The van der Waals surface area contributed by atoms with Gasteiger partial charge in [0.15, 0.2) is 0 Å². The summed E-state index contributed by atoms with van der Waals surface area (Å²) in [5.41, 5.74) is 1.50. The highest BCUT2D eigenvalue weighted by Gasteiger charge is 2.37. The number of carbonyl (C=O) groups excluding carboxylic acids is 1. The first-order valence-electron chi connectivity index (χ1n) is 9.08. The Kier molecular flexibility index (Phi) is 8.75. The Labute approximate surface area is 141 Å². The minimum atomic E-state index is -1.41. The van der Waals surface area contributed by atoms with Gasteiger partial charge in [-0.25, -0.2) is 0 Å². The van der Waals surface area contributed by atoms with Gasteiger partial charge in [0, 0.05) is 0 Å². The molecule has 3 nitrogen and oxygen atoms in total. The summed E-state index contributed by atoms with van der Waals surface area (Å²) in [6, 6.07) is 8.16. The molecule has 1 rings (SSSR count). The van der Waals surface area contributed by atoms with Crippen LogP contribution < -0.4 is 0 Å². The Morgan fingerprint density at radius 3 is 2.04 bits per heavy atom. The van der Waals surface area contributed by atoms with Gasteiger partial charge in [-0.05, 0) is 49.7 Å². The van der Waals surface area contributed by atoms with Crippen LogP contribution in [0.1, 0.15) is 83.3 Å². The van der Waals surface area contributed by atoms with Crippen LogP contribution in [0.15, 0.2) is 24.3 Å². The molecule has 0 aliphatic rings. The van der Waals surface area contributed by atoms with Crippen LogP contribution >= 0.6 is 0 Å². The number of hydrogen-bond acceptors (Lipinski definition) is 2. The molecule has 0 bridgehead atoms. The predicted molar refractivity (Wildman–Crippen MR) is 92.9 cm³/mol. The van der Waals surface area contributed by atoms with Crippen LogP contribution in [0.5, 0.6) is 0 Å². The number of hydrogen-bond donors (Lipinski definition) is 0. The lowest BCUT2D eigenvalue weighted by molar-refractivity contribution is -0.0487. The fourth-order valence-electron chi connectivity index (χ4n) is 3.19. The molecule has 0 aromatic heterocycles. The van der Waals surface area contributed by atoms with E-state index in [4.69, 9.17) is 4.74 Å². The van der Waals surface area contributed by atoms with Gasteiger partial charge in [-0.15, -0.1) is 0 Å². The molecule has 0 fully saturated rings. The van der Waals surface area contributed by atoms with Crippen LogP contribution in [-0.2, 0) is 21.9 Å². The van der Waals surface area contributed by atoms with E-state index in [1.807, 2.05) is 18.2 Å². The molecule has 0 amide bonds. The lowest BCUT2D eigenvalue weighted by Crippen LogP contribution is -2.33. The van der Waals surface area contributed by atoms with Crippen LogP contribution in [0.2, 0.25) is 0 Å². The summed E-state index contributed by atoms with van der Waals surface area (Å²) in [6.45, 7) is 6.40. The maximum atomic E-state index is 11.3. The van der Waals surface area contributed by atoms with Crippen LogP contribution in [0.3, 0.4) is 0 Å². The minimum Gasteiger partial charge on any atom is -0.420 e. The summed E-state index contributed by atoms with van der Waals surface area (Å²) in [5.74, 6) is 0. The molecular formula is C20H31O3. The summed E-state index contributed by atoms with van der Waals surface area (Å²) in [7, 11) is 0. The number of benzene rings is 1. The Morgan fingerprint density at radius 2 is 1.52 bits per heavy atom. The monoisotopic (exact) mass is 319 g/mol. The van der Waals surface area contributed by atoms with Crippen molar-refractivity contribution in [1.29, 1.82) is 0 Å². The van der Waals surface area contributed by atoms with Crippen LogP contribution in [0.4, 0.5) is 4.79 Å². The average Bonchev–Trinajstić information content (AvgIpc) is 2.55.